The summed E-state index contributed by atoms with van der Waals surface area (Å²) in [5.74, 6) is 3.93. The van der Waals surface area contributed by atoms with E-state index in [1.54, 1.807) is 0 Å². The van der Waals surface area contributed by atoms with E-state index in [0.717, 1.165) is 55.6 Å². The minimum Gasteiger partial charge on any atom is -0.208 e. The number of benzene rings is 15. The zero-order chi connectivity index (χ0) is 64.2. The zero-order valence-electron chi connectivity index (χ0n) is 52.7. The van der Waals surface area contributed by atoms with Gasteiger partial charge in [0.1, 0.15) is 0 Å². The topological polar surface area (TPSA) is 77.3 Å². The van der Waals surface area contributed by atoms with Gasteiger partial charge in [0, 0.05) is 33.4 Å². The first-order valence-electron chi connectivity index (χ1n) is 32.9. The van der Waals surface area contributed by atoms with Crippen molar-refractivity contribution >= 4 is 32.3 Å². The Labute approximate surface area is 562 Å². The summed E-state index contributed by atoms with van der Waals surface area (Å²) in [6.45, 7) is 0. The van der Waals surface area contributed by atoms with Crippen LogP contribution in [0.4, 0.5) is 0 Å². The van der Waals surface area contributed by atoms with E-state index >= 15 is 0 Å². The second-order valence-electron chi connectivity index (χ2n) is 24.8. The highest BCUT2D eigenvalue weighted by molar-refractivity contribution is 6.25. The van der Waals surface area contributed by atoms with E-state index in [1.165, 1.54) is 88.0 Å². The van der Waals surface area contributed by atoms with Gasteiger partial charge in [-0.15, -0.1) is 0 Å². The number of hydrogen-bond acceptors (Lipinski definition) is 6. The van der Waals surface area contributed by atoms with Crippen LogP contribution in [0.25, 0.3) is 156 Å². The Morgan fingerprint density at radius 3 is 0.773 bits per heavy atom. The van der Waals surface area contributed by atoms with Crippen molar-refractivity contribution in [3.8, 4) is 124 Å². The Kier molecular flexibility index (Phi) is 14.0. The number of nitrogens with zero attached hydrogens (tertiary/aromatic N) is 6. The number of aromatic nitrogens is 6. The average Bonchev–Trinajstić information content (AvgIpc) is 1.51. The lowest BCUT2D eigenvalue weighted by atomic mass is 9.70. The van der Waals surface area contributed by atoms with Crippen LogP contribution in [0.15, 0.2) is 352 Å². The van der Waals surface area contributed by atoms with Crippen molar-refractivity contribution in [2.45, 2.75) is 5.41 Å². The molecule has 6 nitrogen and oxygen atoms in total. The molecule has 19 rings (SSSR count). The molecule has 97 heavy (non-hydrogen) atoms. The summed E-state index contributed by atoms with van der Waals surface area (Å²) in [4.78, 5) is 29.7. The summed E-state index contributed by atoms with van der Waals surface area (Å²) < 4.78 is 0. The van der Waals surface area contributed by atoms with Crippen LogP contribution in [-0.2, 0) is 5.41 Å². The summed E-state index contributed by atoms with van der Waals surface area (Å²) >= 11 is 0. The Hall–Kier alpha value is -12.9. The normalized spacial score (nSPS) is 12.2. The molecule has 0 atom stereocenters. The van der Waals surface area contributed by atoms with Crippen LogP contribution in [0.3, 0.4) is 0 Å². The predicted octanol–water partition coefficient (Wildman–Crippen LogP) is 22.5. The van der Waals surface area contributed by atoms with Gasteiger partial charge < -0.3 is 0 Å². The van der Waals surface area contributed by atoms with Gasteiger partial charge in [-0.3, -0.25) is 0 Å². The second kappa shape index (κ2) is 23.9. The molecule has 2 aliphatic carbocycles. The molecule has 0 bridgehead atoms. The molecule has 17 aromatic rings. The quantitative estimate of drug-likeness (QED) is 0.134. The van der Waals surface area contributed by atoms with Gasteiger partial charge in [-0.1, -0.05) is 322 Å². The van der Waals surface area contributed by atoms with Gasteiger partial charge >= 0.3 is 0 Å². The van der Waals surface area contributed by atoms with Gasteiger partial charge in [-0.05, 0) is 141 Å². The number of rotatable bonds is 9. The smallest absolute Gasteiger partial charge is 0.164 e. The molecule has 0 saturated carbocycles. The highest BCUT2D eigenvalue weighted by atomic mass is 15.0. The molecule has 452 valence electrons. The molecule has 0 N–H and O–H groups in total. The lowest BCUT2D eigenvalue weighted by Crippen LogP contribution is -2.25. The van der Waals surface area contributed by atoms with Crippen molar-refractivity contribution in [1.82, 2.24) is 29.9 Å². The van der Waals surface area contributed by atoms with Gasteiger partial charge in [0.25, 0.3) is 0 Å². The third kappa shape index (κ3) is 9.97. The minimum absolute atomic E-state index is 0.379. The number of fused-ring (bicyclic) bond motifs is 16. The van der Waals surface area contributed by atoms with E-state index in [-0.39, 0.29) is 5.41 Å². The minimum atomic E-state index is -0.379. The Bertz CT molecular complexity index is 5680. The standard InChI is InChI=1S/C46H29N3.C45H29N3/c1-3-14-30(15-4-1)43-47-44(31-16-5-2-6-17-31)49-45(48-43)34-19-13-18-32(28-34)33-26-27-38-37-22-9-12-25-41(37)46(42(38)29-33)39-23-10-7-20-35(39)36-21-8-11-24-40(36)46;1-3-13-30(14-4-1)43-46-44(31-15-5-2-6-16-31)48-45(47-43)36-20-12-19-34(28-36)32-17-11-18-33(27-32)35-25-26-41-39-23-8-7-21-37(39)38-22-9-10-24-40(38)42(41)29-35/h1-29H;1-29H. The fourth-order valence-corrected chi connectivity index (χ4v) is 14.8. The molecular formula is C91H58N6. The second-order valence-corrected chi connectivity index (χ2v) is 24.8. The third-order valence-corrected chi connectivity index (χ3v) is 19.2. The van der Waals surface area contributed by atoms with Crippen molar-refractivity contribution in [2.75, 3.05) is 0 Å². The molecule has 15 aromatic carbocycles. The van der Waals surface area contributed by atoms with Crippen LogP contribution in [0.1, 0.15) is 22.3 Å². The SMILES string of the molecule is c1ccc(-c2nc(-c3ccccc3)nc(-c3cccc(-c4ccc5c(c4)C4(c6ccccc6-c6ccccc64)c4ccccc4-5)c3)n2)cc1.c1ccc(-c2nc(-c3ccccc3)nc(-c3cccc(-c4cccc(-c5ccc6c7ccccc7c7ccccc7c6c5)c4)c3)n2)cc1. The molecule has 0 unspecified atom stereocenters. The molecular weight excluding hydrogens is 1180 g/mol. The van der Waals surface area contributed by atoms with E-state index < -0.39 is 0 Å². The highest BCUT2D eigenvalue weighted by Gasteiger charge is 2.51. The van der Waals surface area contributed by atoms with E-state index in [9.17, 15) is 0 Å². The number of hydrogen-bond donors (Lipinski definition) is 0. The summed E-state index contributed by atoms with van der Waals surface area (Å²) in [6.07, 6.45) is 0. The summed E-state index contributed by atoms with van der Waals surface area (Å²) in [7, 11) is 0. The molecule has 0 saturated heterocycles. The van der Waals surface area contributed by atoms with Gasteiger partial charge in [-0.2, -0.15) is 0 Å². The van der Waals surface area contributed by atoms with Gasteiger partial charge in [-0.25, -0.2) is 29.9 Å². The molecule has 0 aliphatic heterocycles. The van der Waals surface area contributed by atoms with Crippen molar-refractivity contribution in [2.24, 2.45) is 0 Å². The van der Waals surface area contributed by atoms with E-state index in [1.807, 2.05) is 121 Å². The molecule has 0 radical (unpaired) electrons. The lowest BCUT2D eigenvalue weighted by molar-refractivity contribution is 0.794. The van der Waals surface area contributed by atoms with Crippen LogP contribution < -0.4 is 0 Å². The predicted molar refractivity (Wildman–Crippen MR) is 397 cm³/mol. The highest BCUT2D eigenvalue weighted by Crippen LogP contribution is 2.63. The van der Waals surface area contributed by atoms with E-state index in [4.69, 9.17) is 29.9 Å². The van der Waals surface area contributed by atoms with Crippen molar-refractivity contribution in [1.29, 1.82) is 0 Å². The Balaban J connectivity index is 0.000000141. The van der Waals surface area contributed by atoms with Gasteiger partial charge in [0.15, 0.2) is 34.9 Å². The molecule has 1 spiro atoms. The summed E-state index contributed by atoms with van der Waals surface area (Å²) in [6, 6.07) is 124. The summed E-state index contributed by atoms with van der Waals surface area (Å²) in [5.41, 5.74) is 22.8. The lowest BCUT2D eigenvalue weighted by Gasteiger charge is -2.30. The maximum absolute atomic E-state index is 5.00. The first-order chi connectivity index (χ1) is 48.1. The zero-order valence-corrected chi connectivity index (χ0v) is 52.7. The van der Waals surface area contributed by atoms with Crippen LogP contribution in [-0.4, -0.2) is 29.9 Å². The monoisotopic (exact) mass is 1230 g/mol. The van der Waals surface area contributed by atoms with E-state index in [0.29, 0.717) is 34.9 Å². The fourth-order valence-electron chi connectivity index (χ4n) is 14.8. The maximum Gasteiger partial charge on any atom is 0.164 e. The van der Waals surface area contributed by atoms with Crippen molar-refractivity contribution in [3.05, 3.63) is 374 Å². The first-order valence-corrected chi connectivity index (χ1v) is 32.9. The van der Waals surface area contributed by atoms with Crippen LogP contribution in [0.5, 0.6) is 0 Å². The van der Waals surface area contributed by atoms with E-state index in [2.05, 4.69) is 231 Å². The molecule has 6 heteroatoms. The molecule has 0 amide bonds. The Morgan fingerprint density at radius 2 is 0.392 bits per heavy atom. The first kappa shape index (κ1) is 56.8. The van der Waals surface area contributed by atoms with Gasteiger partial charge in [0.05, 0.1) is 5.41 Å². The van der Waals surface area contributed by atoms with Crippen molar-refractivity contribution in [3.63, 3.8) is 0 Å². The molecule has 2 aliphatic rings. The third-order valence-electron chi connectivity index (χ3n) is 19.2. The summed E-state index contributed by atoms with van der Waals surface area (Å²) in [5, 5.41) is 7.69. The van der Waals surface area contributed by atoms with Crippen LogP contribution in [0, 0.1) is 0 Å². The molecule has 0 fully saturated rings. The van der Waals surface area contributed by atoms with Gasteiger partial charge in [0.2, 0.25) is 0 Å². The largest absolute Gasteiger partial charge is 0.208 e. The van der Waals surface area contributed by atoms with Crippen LogP contribution in [0.2, 0.25) is 0 Å². The average molecular weight is 1240 g/mol. The molecule has 2 heterocycles. The maximum atomic E-state index is 5.00. The van der Waals surface area contributed by atoms with Crippen molar-refractivity contribution < 1.29 is 0 Å². The Morgan fingerprint density at radius 1 is 0.144 bits per heavy atom. The van der Waals surface area contributed by atoms with Crippen LogP contribution >= 0.6 is 0 Å². The molecule has 2 aromatic heterocycles. The fraction of sp³-hybridized carbons (Fsp3) is 0.0110.